The van der Waals surface area contributed by atoms with Gasteiger partial charge in [-0.3, -0.25) is 10.1 Å². The van der Waals surface area contributed by atoms with Crippen LogP contribution in [0.15, 0.2) is 0 Å². The van der Waals surface area contributed by atoms with Gasteiger partial charge in [-0.1, -0.05) is 0 Å². The second-order valence-electron chi connectivity index (χ2n) is 3.02. The Hall–Kier alpha value is 0.0300. The van der Waals surface area contributed by atoms with E-state index in [1.807, 2.05) is 7.05 Å². The first-order valence-electron chi connectivity index (χ1n) is 4.30. The number of halogens is 1. The molecule has 1 aliphatic heterocycles. The van der Waals surface area contributed by atoms with E-state index in [1.165, 1.54) is 0 Å². The second-order valence-corrected chi connectivity index (χ2v) is 4.05. The van der Waals surface area contributed by atoms with Gasteiger partial charge in [0.05, 0.1) is 12.6 Å². The van der Waals surface area contributed by atoms with Crippen LogP contribution in [0.25, 0.3) is 0 Å². The van der Waals surface area contributed by atoms with Crippen molar-refractivity contribution in [3.63, 3.8) is 0 Å². The van der Waals surface area contributed by atoms with Crippen LogP contribution >= 0.6 is 24.2 Å². The molecule has 1 aliphatic rings. The summed E-state index contributed by atoms with van der Waals surface area (Å²) in [6, 6.07) is 0.00635. The molecule has 1 amide bonds. The van der Waals surface area contributed by atoms with E-state index in [0.717, 1.165) is 11.6 Å². The molecule has 0 radical (unpaired) electrons. The molecule has 0 aromatic heterocycles. The molecule has 1 saturated heterocycles. The van der Waals surface area contributed by atoms with E-state index < -0.39 is 0 Å². The van der Waals surface area contributed by atoms with Gasteiger partial charge in [-0.25, -0.2) is 0 Å². The highest BCUT2D eigenvalue weighted by molar-refractivity contribution is 7.99. The minimum absolute atomic E-state index is 0. The van der Waals surface area contributed by atoms with Gasteiger partial charge in [0.25, 0.3) is 0 Å². The van der Waals surface area contributed by atoms with Crippen LogP contribution in [0.1, 0.15) is 0 Å². The molecule has 0 unspecified atom stereocenters. The van der Waals surface area contributed by atoms with E-state index in [2.05, 4.69) is 5.32 Å². The van der Waals surface area contributed by atoms with Crippen molar-refractivity contribution >= 4 is 30.1 Å². The van der Waals surface area contributed by atoms with Gasteiger partial charge in [-0.15, -0.1) is 24.2 Å². The maximum atomic E-state index is 11.6. The Kier molecular flexibility index (Phi) is 7.35. The Morgan fingerprint density at radius 2 is 2.43 bits per heavy atom. The number of methoxy groups -OCH3 is 1. The molecule has 1 rings (SSSR count). The predicted octanol–water partition coefficient (Wildman–Crippen LogP) is 0.176. The Morgan fingerprint density at radius 3 is 2.93 bits per heavy atom. The normalized spacial score (nSPS) is 20.3. The SMILES string of the molecule is COCCN(C)C(=O)[C@H]1CSCN1.Cl. The van der Waals surface area contributed by atoms with Crippen molar-refractivity contribution in [2.45, 2.75) is 6.04 Å². The number of rotatable bonds is 4. The largest absolute Gasteiger partial charge is 0.383 e. The highest BCUT2D eigenvalue weighted by Gasteiger charge is 2.24. The van der Waals surface area contributed by atoms with E-state index in [1.54, 1.807) is 23.8 Å². The number of likely N-dealkylation sites (N-methyl/N-ethyl adjacent to an activating group) is 1. The second kappa shape index (κ2) is 7.34. The van der Waals surface area contributed by atoms with Crippen molar-refractivity contribution in [1.82, 2.24) is 10.2 Å². The number of thioether (sulfide) groups is 1. The van der Waals surface area contributed by atoms with Gasteiger partial charge in [0.15, 0.2) is 0 Å². The predicted molar refractivity (Wildman–Crippen MR) is 61.0 cm³/mol. The summed E-state index contributed by atoms with van der Waals surface area (Å²) in [5.41, 5.74) is 0. The van der Waals surface area contributed by atoms with E-state index in [4.69, 9.17) is 4.74 Å². The minimum atomic E-state index is 0. The van der Waals surface area contributed by atoms with Crippen molar-refractivity contribution in [3.8, 4) is 0 Å². The molecule has 4 nitrogen and oxygen atoms in total. The maximum Gasteiger partial charge on any atom is 0.240 e. The van der Waals surface area contributed by atoms with Crippen LogP contribution in [0.2, 0.25) is 0 Å². The Balaban J connectivity index is 0.00000169. The summed E-state index contributed by atoms with van der Waals surface area (Å²) in [6.07, 6.45) is 0. The lowest BCUT2D eigenvalue weighted by Gasteiger charge is -2.20. The van der Waals surface area contributed by atoms with Crippen LogP contribution in [0.3, 0.4) is 0 Å². The molecule has 1 heterocycles. The Morgan fingerprint density at radius 1 is 1.71 bits per heavy atom. The first-order valence-corrected chi connectivity index (χ1v) is 5.46. The zero-order valence-electron chi connectivity index (χ0n) is 8.49. The first-order chi connectivity index (χ1) is 6.25. The molecule has 0 aromatic carbocycles. The number of nitrogens with zero attached hydrogens (tertiary/aromatic N) is 1. The van der Waals surface area contributed by atoms with Crippen LogP contribution in [0.5, 0.6) is 0 Å². The lowest BCUT2D eigenvalue weighted by atomic mass is 10.3. The fraction of sp³-hybridized carbons (Fsp3) is 0.875. The number of ether oxygens (including phenoxy) is 1. The number of amides is 1. The molecule has 0 bridgehead atoms. The molecule has 0 spiro atoms. The third-order valence-corrected chi connectivity index (χ3v) is 2.96. The lowest BCUT2D eigenvalue weighted by Crippen LogP contribution is -2.44. The third-order valence-electron chi connectivity index (χ3n) is 2.02. The van der Waals surface area contributed by atoms with Crippen molar-refractivity contribution < 1.29 is 9.53 Å². The van der Waals surface area contributed by atoms with E-state index in [-0.39, 0.29) is 24.4 Å². The molecular formula is C8H17ClN2O2S. The molecule has 6 heteroatoms. The summed E-state index contributed by atoms with van der Waals surface area (Å²) in [7, 11) is 3.45. The van der Waals surface area contributed by atoms with Gasteiger partial charge in [0.1, 0.15) is 0 Å². The van der Waals surface area contributed by atoms with Gasteiger partial charge in [0, 0.05) is 32.3 Å². The van der Waals surface area contributed by atoms with Crippen molar-refractivity contribution in [3.05, 3.63) is 0 Å². The summed E-state index contributed by atoms with van der Waals surface area (Å²) < 4.78 is 4.91. The molecule has 84 valence electrons. The van der Waals surface area contributed by atoms with Crippen LogP contribution in [0.4, 0.5) is 0 Å². The number of nitrogens with one attached hydrogen (secondary N) is 1. The number of hydrogen-bond donors (Lipinski definition) is 1. The topological polar surface area (TPSA) is 41.6 Å². The fourth-order valence-electron chi connectivity index (χ4n) is 1.16. The standard InChI is InChI=1S/C8H16N2O2S.ClH/c1-10(3-4-12-2)8(11)7-5-13-6-9-7;/h7,9H,3-6H2,1-2H3;1H/t7-;/m1./s1. The fourth-order valence-corrected chi connectivity index (χ4v) is 2.09. The smallest absolute Gasteiger partial charge is 0.240 e. The summed E-state index contributed by atoms with van der Waals surface area (Å²) in [5.74, 6) is 1.94. The van der Waals surface area contributed by atoms with Gasteiger partial charge in [0.2, 0.25) is 5.91 Å². The third kappa shape index (κ3) is 4.04. The monoisotopic (exact) mass is 240 g/mol. The molecular weight excluding hydrogens is 224 g/mol. The summed E-state index contributed by atoms with van der Waals surface area (Å²) in [4.78, 5) is 13.4. The maximum absolute atomic E-state index is 11.6. The zero-order valence-corrected chi connectivity index (χ0v) is 10.1. The number of hydrogen-bond acceptors (Lipinski definition) is 4. The van der Waals surface area contributed by atoms with Gasteiger partial charge >= 0.3 is 0 Å². The van der Waals surface area contributed by atoms with Crippen LogP contribution in [-0.2, 0) is 9.53 Å². The quantitative estimate of drug-likeness (QED) is 0.761. The average Bonchev–Trinajstić information content (AvgIpc) is 2.65. The molecule has 0 saturated carbocycles. The minimum Gasteiger partial charge on any atom is -0.383 e. The summed E-state index contributed by atoms with van der Waals surface area (Å²) in [5, 5.41) is 3.14. The Bertz CT molecular complexity index is 177. The van der Waals surface area contributed by atoms with E-state index >= 15 is 0 Å². The number of carbonyl (C=O) groups is 1. The number of carbonyl (C=O) groups excluding carboxylic acids is 1. The molecule has 14 heavy (non-hydrogen) atoms. The van der Waals surface area contributed by atoms with Crippen molar-refractivity contribution in [1.29, 1.82) is 0 Å². The molecule has 1 N–H and O–H groups in total. The summed E-state index contributed by atoms with van der Waals surface area (Å²) >= 11 is 1.76. The Labute approximate surface area is 95.1 Å². The van der Waals surface area contributed by atoms with Gasteiger partial charge in [-0.05, 0) is 0 Å². The zero-order chi connectivity index (χ0) is 9.68. The highest BCUT2D eigenvalue weighted by atomic mass is 35.5. The van der Waals surface area contributed by atoms with E-state index in [0.29, 0.717) is 13.2 Å². The van der Waals surface area contributed by atoms with E-state index in [9.17, 15) is 4.79 Å². The van der Waals surface area contributed by atoms with Crippen molar-refractivity contribution in [2.24, 2.45) is 0 Å². The molecule has 0 aliphatic carbocycles. The van der Waals surface area contributed by atoms with Gasteiger partial charge in [-0.2, -0.15) is 0 Å². The average molecular weight is 241 g/mol. The van der Waals surface area contributed by atoms with Crippen LogP contribution in [-0.4, -0.2) is 55.8 Å². The molecule has 1 fully saturated rings. The first kappa shape index (κ1) is 14.0. The summed E-state index contributed by atoms with van der Waals surface area (Å²) in [6.45, 7) is 1.26. The molecule has 0 aromatic rings. The lowest BCUT2D eigenvalue weighted by molar-refractivity contribution is -0.131. The van der Waals surface area contributed by atoms with Crippen LogP contribution in [0, 0.1) is 0 Å². The van der Waals surface area contributed by atoms with Crippen molar-refractivity contribution in [2.75, 3.05) is 38.9 Å². The van der Waals surface area contributed by atoms with Gasteiger partial charge < -0.3 is 9.64 Å². The molecule has 1 atom stereocenters. The van der Waals surface area contributed by atoms with Crippen LogP contribution < -0.4 is 5.32 Å². The highest BCUT2D eigenvalue weighted by Crippen LogP contribution is 2.11.